The number of alkyl halides is 3. The van der Waals surface area contributed by atoms with Crippen LogP contribution < -0.4 is 0 Å². The summed E-state index contributed by atoms with van der Waals surface area (Å²) in [5, 5.41) is 5.44. The van der Waals surface area contributed by atoms with Crippen molar-refractivity contribution in [3.05, 3.63) is 53.5 Å². The first-order valence-electron chi connectivity index (χ1n) is 7.90. The van der Waals surface area contributed by atoms with Crippen molar-refractivity contribution in [2.45, 2.75) is 11.1 Å². The summed E-state index contributed by atoms with van der Waals surface area (Å²) in [4.78, 5) is 0.557. The van der Waals surface area contributed by atoms with Crippen LogP contribution in [0.1, 0.15) is 5.69 Å². The molecular weight excluding hydrogens is 463 g/mol. The molecule has 0 atom stereocenters. The highest BCUT2D eigenvalue weighted by molar-refractivity contribution is 8.38. The molecule has 0 unspecified atom stereocenters. The Hall–Kier alpha value is -1.76. The molecule has 0 aliphatic heterocycles. The fraction of sp³-hybridized carbons (Fsp3) is 0.176. The second-order valence-corrected chi connectivity index (χ2v) is 9.94. The van der Waals surface area contributed by atoms with E-state index in [1.807, 2.05) is 0 Å². The second kappa shape index (κ2) is 8.54. The summed E-state index contributed by atoms with van der Waals surface area (Å²) in [6, 6.07) is 9.82. The lowest BCUT2D eigenvalue weighted by Gasteiger charge is -2.07. The number of rotatable bonds is 4. The van der Waals surface area contributed by atoms with Crippen LogP contribution in [0.25, 0.3) is 16.3 Å². The van der Waals surface area contributed by atoms with Crippen LogP contribution in [0.2, 0.25) is 0 Å². The lowest BCUT2D eigenvalue weighted by molar-refractivity contribution is -0.141. The molecule has 3 aromatic rings. The van der Waals surface area contributed by atoms with Crippen LogP contribution in [-0.4, -0.2) is 35.1 Å². The predicted molar refractivity (Wildman–Crippen MR) is 114 cm³/mol. The Morgan fingerprint density at radius 2 is 1.79 bits per heavy atom. The van der Waals surface area contributed by atoms with Crippen LogP contribution in [0.3, 0.4) is 0 Å². The van der Waals surface area contributed by atoms with E-state index in [-0.39, 0.29) is 10.6 Å². The topological polar surface area (TPSA) is 64.3 Å². The number of thioether (sulfide) groups is 2. The summed E-state index contributed by atoms with van der Waals surface area (Å²) >= 11 is 3.70. The Bertz CT molecular complexity index is 1110. The lowest BCUT2D eigenvalue weighted by Crippen LogP contribution is -2.07. The normalized spacial score (nSPS) is 12.2. The first kappa shape index (κ1) is 21.9. The molecule has 5 nitrogen and oxygen atoms in total. The molecule has 3 rings (SSSR count). The molecule has 29 heavy (non-hydrogen) atoms. The molecule has 0 N–H and O–H groups in total. The minimum absolute atomic E-state index is 0.0530. The Labute approximate surface area is 178 Å². The van der Waals surface area contributed by atoms with Crippen LogP contribution in [0.5, 0.6) is 0 Å². The minimum atomic E-state index is -4.60. The quantitative estimate of drug-likeness (QED) is 0.372. The molecule has 2 heterocycles. The molecular formula is C17H14F3N3O2S4. The molecule has 1 aromatic carbocycles. The maximum atomic E-state index is 13.2. The second-order valence-electron chi connectivity index (χ2n) is 5.54. The molecule has 0 saturated carbocycles. The van der Waals surface area contributed by atoms with Gasteiger partial charge in [-0.05, 0) is 54.3 Å². The van der Waals surface area contributed by atoms with Gasteiger partial charge in [0.25, 0.3) is 10.0 Å². The van der Waals surface area contributed by atoms with Gasteiger partial charge in [0, 0.05) is 0 Å². The van der Waals surface area contributed by atoms with Crippen molar-refractivity contribution in [3.8, 4) is 16.3 Å². The number of aromatic nitrogens is 2. The molecule has 0 aliphatic carbocycles. The van der Waals surface area contributed by atoms with Crippen LogP contribution in [-0.2, 0) is 16.2 Å². The van der Waals surface area contributed by atoms with E-state index in [0.29, 0.717) is 14.9 Å². The number of sulfonamides is 1. The molecule has 0 radical (unpaired) electrons. The zero-order valence-electron chi connectivity index (χ0n) is 15.0. The summed E-state index contributed by atoms with van der Waals surface area (Å²) in [7, 11) is -3.92. The summed E-state index contributed by atoms with van der Waals surface area (Å²) in [6.45, 7) is 0. The van der Waals surface area contributed by atoms with Gasteiger partial charge in [0.05, 0.1) is 21.2 Å². The van der Waals surface area contributed by atoms with Gasteiger partial charge in [-0.2, -0.15) is 26.7 Å². The van der Waals surface area contributed by atoms with E-state index in [4.69, 9.17) is 0 Å². The van der Waals surface area contributed by atoms with Gasteiger partial charge in [-0.15, -0.1) is 39.3 Å². The zero-order valence-corrected chi connectivity index (χ0v) is 18.3. The Kier molecular flexibility index (Phi) is 6.46. The van der Waals surface area contributed by atoms with Crippen LogP contribution >= 0.6 is 34.9 Å². The summed E-state index contributed by atoms with van der Waals surface area (Å²) in [5.41, 5.74) is -0.443. The van der Waals surface area contributed by atoms with Gasteiger partial charge in [0.15, 0.2) is 5.69 Å². The maximum absolute atomic E-state index is 13.2. The lowest BCUT2D eigenvalue weighted by atomic mass is 10.2. The maximum Gasteiger partial charge on any atom is 0.435 e. The van der Waals surface area contributed by atoms with E-state index in [1.54, 1.807) is 30.0 Å². The highest BCUT2D eigenvalue weighted by atomic mass is 32.2. The fourth-order valence-electron chi connectivity index (χ4n) is 2.38. The number of benzene rings is 1. The molecule has 0 fully saturated rings. The third-order valence-electron chi connectivity index (χ3n) is 3.70. The standard InChI is InChI=1S/C17H14F3N3O2S4/c1-26-16(27-2)22-29(24,25)12-7-5-11(6-8-12)23-13(14-4-3-9-28-14)10-15(21-23)17(18,19)20/h3-10H,1-2H3. The molecule has 12 heteroatoms. The summed E-state index contributed by atoms with van der Waals surface area (Å²) in [5.74, 6) is 0. The molecule has 0 amide bonds. The summed E-state index contributed by atoms with van der Waals surface area (Å²) < 4.78 is 69.7. The number of hydrogen-bond acceptors (Lipinski definition) is 6. The highest BCUT2D eigenvalue weighted by Gasteiger charge is 2.35. The molecule has 2 aromatic heterocycles. The third-order valence-corrected chi connectivity index (χ3v) is 7.99. The van der Waals surface area contributed by atoms with Crippen molar-refractivity contribution < 1.29 is 21.6 Å². The van der Waals surface area contributed by atoms with Gasteiger partial charge in [0.1, 0.15) is 4.38 Å². The van der Waals surface area contributed by atoms with Crippen molar-refractivity contribution >= 4 is 49.3 Å². The SMILES string of the molecule is CSC(=NS(=O)(=O)c1ccc(-n2nc(C(F)(F)F)cc2-c2cccs2)cc1)SC. The molecule has 154 valence electrons. The van der Waals surface area contributed by atoms with Crippen LogP contribution in [0.15, 0.2) is 57.1 Å². The van der Waals surface area contributed by atoms with E-state index in [9.17, 15) is 21.6 Å². The van der Waals surface area contributed by atoms with Crippen molar-refractivity contribution in [2.75, 3.05) is 12.5 Å². The van der Waals surface area contributed by atoms with Gasteiger partial charge in [-0.1, -0.05) is 6.07 Å². The van der Waals surface area contributed by atoms with Crippen molar-refractivity contribution in [1.29, 1.82) is 0 Å². The van der Waals surface area contributed by atoms with Crippen LogP contribution in [0, 0.1) is 0 Å². The Morgan fingerprint density at radius 1 is 1.14 bits per heavy atom. The first-order chi connectivity index (χ1) is 13.7. The number of halogens is 3. The molecule has 0 aliphatic rings. The monoisotopic (exact) mass is 477 g/mol. The van der Waals surface area contributed by atoms with E-state index in [1.165, 1.54) is 59.1 Å². The molecule has 0 bridgehead atoms. The average Bonchev–Trinajstić information content (AvgIpc) is 3.35. The number of hydrogen-bond donors (Lipinski definition) is 0. The van der Waals surface area contributed by atoms with E-state index in [2.05, 4.69) is 9.50 Å². The number of nitrogens with zero attached hydrogens (tertiary/aromatic N) is 3. The van der Waals surface area contributed by atoms with Crippen molar-refractivity contribution in [3.63, 3.8) is 0 Å². The van der Waals surface area contributed by atoms with Gasteiger partial charge in [0.2, 0.25) is 0 Å². The zero-order chi connectivity index (χ0) is 21.2. The summed E-state index contributed by atoms with van der Waals surface area (Å²) in [6.07, 6.45) is -1.16. The third kappa shape index (κ3) is 4.87. The van der Waals surface area contributed by atoms with E-state index < -0.39 is 21.9 Å². The van der Waals surface area contributed by atoms with Crippen molar-refractivity contribution in [1.82, 2.24) is 9.78 Å². The van der Waals surface area contributed by atoms with E-state index >= 15 is 0 Å². The molecule has 0 spiro atoms. The largest absolute Gasteiger partial charge is 0.435 e. The van der Waals surface area contributed by atoms with Gasteiger partial charge >= 0.3 is 6.18 Å². The first-order valence-corrected chi connectivity index (χ1v) is 12.7. The van der Waals surface area contributed by atoms with E-state index in [0.717, 1.165) is 10.7 Å². The fourth-order valence-corrected chi connectivity index (χ4v) is 5.74. The smallest absolute Gasteiger partial charge is 0.232 e. The number of thiophene rings is 1. The minimum Gasteiger partial charge on any atom is -0.232 e. The van der Waals surface area contributed by atoms with Crippen molar-refractivity contribution in [2.24, 2.45) is 4.40 Å². The Balaban J connectivity index is 2.05. The predicted octanol–water partition coefficient (Wildman–Crippen LogP) is 5.39. The van der Waals surface area contributed by atoms with Gasteiger partial charge < -0.3 is 0 Å². The van der Waals surface area contributed by atoms with Crippen LogP contribution in [0.4, 0.5) is 13.2 Å². The highest BCUT2D eigenvalue weighted by Crippen LogP contribution is 2.35. The van der Waals surface area contributed by atoms with Gasteiger partial charge in [-0.3, -0.25) is 0 Å². The average molecular weight is 478 g/mol. The Morgan fingerprint density at radius 3 is 2.31 bits per heavy atom. The molecule has 0 saturated heterocycles. The van der Waals surface area contributed by atoms with Gasteiger partial charge in [-0.25, -0.2) is 4.68 Å².